The Labute approximate surface area is 151 Å². The number of hydrogen-bond acceptors (Lipinski definition) is 6. The van der Waals surface area contributed by atoms with Crippen molar-refractivity contribution in [3.8, 4) is 17.1 Å². The third kappa shape index (κ3) is 2.50. The highest BCUT2D eigenvalue weighted by atomic mass is 16.5. The fraction of sp³-hybridized carbons (Fsp3) is 0.300. The van der Waals surface area contributed by atoms with E-state index in [1.54, 1.807) is 7.11 Å². The maximum atomic E-state index is 5.59. The molecule has 1 aliphatic carbocycles. The normalized spacial score (nSPS) is 24.1. The molecule has 0 radical (unpaired) electrons. The number of hydrazine groups is 1. The van der Waals surface area contributed by atoms with Gasteiger partial charge in [-0.2, -0.15) is 4.98 Å². The molecular weight excluding hydrogens is 328 g/mol. The number of methoxy groups -OCH3 is 1. The minimum Gasteiger partial charge on any atom is -0.497 e. The van der Waals surface area contributed by atoms with E-state index in [4.69, 9.17) is 9.26 Å². The average molecular weight is 348 g/mol. The lowest BCUT2D eigenvalue weighted by Crippen LogP contribution is -2.27. The molecule has 3 unspecified atom stereocenters. The van der Waals surface area contributed by atoms with E-state index in [9.17, 15) is 0 Å². The smallest absolute Gasteiger partial charge is 0.245 e. The van der Waals surface area contributed by atoms with Crippen LogP contribution in [-0.4, -0.2) is 17.3 Å². The number of aromatic nitrogens is 2. The van der Waals surface area contributed by atoms with Gasteiger partial charge in [-0.25, -0.2) is 10.9 Å². The van der Waals surface area contributed by atoms with Crippen LogP contribution in [0, 0.1) is 5.92 Å². The van der Waals surface area contributed by atoms with Gasteiger partial charge in [-0.15, -0.1) is 0 Å². The summed E-state index contributed by atoms with van der Waals surface area (Å²) in [5.74, 6) is 2.56. The van der Waals surface area contributed by atoms with Gasteiger partial charge >= 0.3 is 0 Å². The van der Waals surface area contributed by atoms with Gasteiger partial charge in [0.15, 0.2) is 0 Å². The topological polar surface area (TPSA) is 72.2 Å². The summed E-state index contributed by atoms with van der Waals surface area (Å²) >= 11 is 0. The van der Waals surface area contributed by atoms with Gasteiger partial charge in [0.25, 0.3) is 0 Å². The number of nitrogens with one attached hydrogen (secondary N) is 2. The molecule has 1 fully saturated rings. The van der Waals surface area contributed by atoms with Crippen molar-refractivity contribution in [2.45, 2.75) is 24.9 Å². The van der Waals surface area contributed by atoms with Crippen molar-refractivity contribution in [1.82, 2.24) is 21.0 Å². The van der Waals surface area contributed by atoms with Crippen LogP contribution in [0.15, 0.2) is 53.1 Å². The third-order valence-electron chi connectivity index (χ3n) is 5.42. The standard InChI is InChI=1S/C20H20N4O2/c1-25-14-8-10-15-13(11-14)7-9-16-17(15)22-23-18(16)20-21-19(24-26-20)12-5-3-2-4-6-12/h2-6,8,10-11,16-18,22-23H,7,9H2,1H3. The summed E-state index contributed by atoms with van der Waals surface area (Å²) in [5.41, 5.74) is 10.4. The Morgan fingerprint density at radius 2 is 1.92 bits per heavy atom. The van der Waals surface area contributed by atoms with E-state index in [2.05, 4.69) is 33.1 Å². The van der Waals surface area contributed by atoms with Crippen molar-refractivity contribution in [2.24, 2.45) is 5.92 Å². The van der Waals surface area contributed by atoms with Gasteiger partial charge in [0, 0.05) is 11.5 Å². The van der Waals surface area contributed by atoms with Crippen LogP contribution < -0.4 is 15.6 Å². The van der Waals surface area contributed by atoms with Gasteiger partial charge in [-0.1, -0.05) is 41.6 Å². The van der Waals surface area contributed by atoms with Crippen LogP contribution >= 0.6 is 0 Å². The first-order valence-corrected chi connectivity index (χ1v) is 8.90. The number of nitrogens with zero attached hydrogens (tertiary/aromatic N) is 2. The molecule has 132 valence electrons. The molecule has 0 spiro atoms. The van der Waals surface area contributed by atoms with Crippen molar-refractivity contribution < 1.29 is 9.26 Å². The highest BCUT2D eigenvalue weighted by Gasteiger charge is 2.43. The monoisotopic (exact) mass is 348 g/mol. The fourth-order valence-electron chi connectivity index (χ4n) is 4.09. The minimum atomic E-state index is 0.0141. The van der Waals surface area contributed by atoms with Crippen LogP contribution in [0.4, 0.5) is 0 Å². The summed E-state index contributed by atoms with van der Waals surface area (Å²) in [6.45, 7) is 0. The van der Waals surface area contributed by atoms with Crippen molar-refractivity contribution >= 4 is 0 Å². The largest absolute Gasteiger partial charge is 0.497 e. The van der Waals surface area contributed by atoms with E-state index in [0.29, 0.717) is 17.6 Å². The molecule has 2 N–H and O–H groups in total. The first-order chi connectivity index (χ1) is 12.8. The van der Waals surface area contributed by atoms with Gasteiger partial charge in [-0.05, 0) is 36.1 Å². The Bertz CT molecular complexity index is 925. The molecule has 1 saturated heterocycles. The number of fused-ring (bicyclic) bond motifs is 3. The lowest BCUT2D eigenvalue weighted by molar-refractivity contribution is 0.290. The summed E-state index contributed by atoms with van der Waals surface area (Å²) in [5, 5.41) is 4.17. The highest BCUT2D eigenvalue weighted by Crippen LogP contribution is 2.44. The number of hydrogen-bond donors (Lipinski definition) is 2. The van der Waals surface area contributed by atoms with Gasteiger partial charge in [0.2, 0.25) is 11.7 Å². The van der Waals surface area contributed by atoms with E-state index in [-0.39, 0.29) is 12.1 Å². The first-order valence-electron chi connectivity index (χ1n) is 8.90. The molecule has 6 heteroatoms. The van der Waals surface area contributed by atoms with Crippen LogP contribution in [0.1, 0.15) is 35.5 Å². The van der Waals surface area contributed by atoms with Crippen molar-refractivity contribution in [3.05, 3.63) is 65.5 Å². The Balaban J connectivity index is 1.42. The van der Waals surface area contributed by atoms with E-state index < -0.39 is 0 Å². The van der Waals surface area contributed by atoms with Crippen LogP contribution in [0.3, 0.4) is 0 Å². The average Bonchev–Trinajstić information content (AvgIpc) is 3.35. The number of benzene rings is 2. The number of aryl methyl sites for hydroxylation is 1. The second-order valence-corrected chi connectivity index (χ2v) is 6.83. The van der Waals surface area contributed by atoms with Crippen LogP contribution in [0.2, 0.25) is 0 Å². The van der Waals surface area contributed by atoms with Gasteiger partial charge in [0.1, 0.15) is 11.8 Å². The Hall–Kier alpha value is -2.70. The molecule has 1 aromatic heterocycles. The molecule has 0 saturated carbocycles. The zero-order valence-corrected chi connectivity index (χ0v) is 14.5. The molecule has 0 bridgehead atoms. The summed E-state index contributed by atoms with van der Waals surface area (Å²) in [7, 11) is 1.71. The molecule has 6 nitrogen and oxygen atoms in total. The predicted molar refractivity (Wildman–Crippen MR) is 96.3 cm³/mol. The zero-order valence-electron chi connectivity index (χ0n) is 14.5. The fourth-order valence-corrected chi connectivity index (χ4v) is 4.09. The molecule has 2 aliphatic rings. The van der Waals surface area contributed by atoms with Crippen molar-refractivity contribution in [2.75, 3.05) is 7.11 Å². The molecule has 3 aromatic rings. The highest BCUT2D eigenvalue weighted by molar-refractivity contribution is 5.53. The first kappa shape index (κ1) is 15.5. The Kier molecular flexibility index (Phi) is 3.72. The quantitative estimate of drug-likeness (QED) is 0.757. The second-order valence-electron chi connectivity index (χ2n) is 6.83. The number of ether oxygens (including phenoxy) is 1. The SMILES string of the molecule is COc1ccc2c(c1)CCC1C(c3nc(-c4ccccc4)no3)NNC21. The molecule has 0 amide bonds. The Morgan fingerprint density at radius 1 is 1.08 bits per heavy atom. The van der Waals surface area contributed by atoms with Crippen LogP contribution in [0.25, 0.3) is 11.4 Å². The molecule has 3 atom stereocenters. The van der Waals surface area contributed by atoms with Gasteiger partial charge in [-0.3, -0.25) is 0 Å². The number of rotatable bonds is 3. The maximum Gasteiger partial charge on any atom is 0.245 e. The van der Waals surface area contributed by atoms with E-state index >= 15 is 0 Å². The molecule has 26 heavy (non-hydrogen) atoms. The van der Waals surface area contributed by atoms with Crippen LogP contribution in [0.5, 0.6) is 5.75 Å². The van der Waals surface area contributed by atoms with Crippen molar-refractivity contribution in [1.29, 1.82) is 0 Å². The molecule has 2 heterocycles. The Morgan fingerprint density at radius 3 is 2.77 bits per heavy atom. The molecule has 5 rings (SSSR count). The van der Waals surface area contributed by atoms with E-state index in [1.807, 2.05) is 36.4 Å². The zero-order chi connectivity index (χ0) is 17.5. The van der Waals surface area contributed by atoms with Crippen LogP contribution in [-0.2, 0) is 6.42 Å². The maximum absolute atomic E-state index is 5.59. The van der Waals surface area contributed by atoms with Gasteiger partial charge < -0.3 is 9.26 Å². The van der Waals surface area contributed by atoms with Crippen molar-refractivity contribution in [3.63, 3.8) is 0 Å². The van der Waals surface area contributed by atoms with E-state index in [1.165, 1.54) is 11.1 Å². The second kappa shape index (κ2) is 6.23. The lowest BCUT2D eigenvalue weighted by Gasteiger charge is -2.29. The predicted octanol–water partition coefficient (Wildman–Crippen LogP) is 3.20. The summed E-state index contributed by atoms with van der Waals surface area (Å²) < 4.78 is 11.0. The molecule has 2 aromatic carbocycles. The lowest BCUT2D eigenvalue weighted by atomic mass is 9.77. The summed E-state index contributed by atoms with van der Waals surface area (Å²) in [4.78, 5) is 4.64. The third-order valence-corrected chi connectivity index (χ3v) is 5.42. The molecular formula is C20H20N4O2. The van der Waals surface area contributed by atoms with Gasteiger partial charge in [0.05, 0.1) is 13.2 Å². The molecule has 1 aliphatic heterocycles. The summed E-state index contributed by atoms with van der Waals surface area (Å²) in [6, 6.07) is 16.5. The van der Waals surface area contributed by atoms with E-state index in [0.717, 1.165) is 24.2 Å². The summed E-state index contributed by atoms with van der Waals surface area (Å²) in [6.07, 6.45) is 2.08. The minimum absolute atomic E-state index is 0.0141.